The highest BCUT2D eigenvalue weighted by Gasteiger charge is 2.45. The lowest BCUT2D eigenvalue weighted by Crippen LogP contribution is -2.34. The number of rotatable bonds is 3. The summed E-state index contributed by atoms with van der Waals surface area (Å²) in [4.78, 5) is 8.21. The monoisotopic (exact) mass is 283 g/mol. The molecule has 20 heavy (non-hydrogen) atoms. The van der Waals surface area contributed by atoms with Crippen LogP contribution in [0.15, 0.2) is 6.20 Å². The lowest BCUT2D eigenvalue weighted by atomic mass is 10.1. The quantitative estimate of drug-likeness (QED) is 0.430. The maximum Gasteiger partial charge on any atom is 0.238 e. The molecule has 4 atom stereocenters. The molecule has 0 radical (unpaired) electrons. The number of hydrogen-bond donors (Lipinski definition) is 4. The molecule has 0 saturated carbocycles. The predicted octanol–water partition coefficient (Wildman–Crippen LogP) is -2.85. The topological polar surface area (TPSA) is 167 Å². The minimum absolute atomic E-state index is 0.0217. The molecular weight excluding hydrogens is 270 g/mol. The van der Waals surface area contributed by atoms with Crippen LogP contribution in [0.25, 0.3) is 5.65 Å². The van der Waals surface area contributed by atoms with Gasteiger partial charge in [0, 0.05) is 0 Å². The molecule has 0 unspecified atom stereocenters. The number of anilines is 1. The maximum atomic E-state index is 10.0. The van der Waals surface area contributed by atoms with Gasteiger partial charge in [0.1, 0.15) is 24.4 Å². The number of aliphatic hydroxyl groups is 2. The zero-order valence-electron chi connectivity index (χ0n) is 10.2. The number of hydrogen-bond acceptors (Lipinski definition) is 10. The van der Waals surface area contributed by atoms with Gasteiger partial charge in [0.25, 0.3) is 0 Å². The van der Waals surface area contributed by atoms with Gasteiger partial charge in [0.05, 0.1) is 12.8 Å². The van der Waals surface area contributed by atoms with Crippen molar-refractivity contribution < 1.29 is 19.8 Å². The van der Waals surface area contributed by atoms with Gasteiger partial charge < -0.3 is 25.5 Å². The van der Waals surface area contributed by atoms with Gasteiger partial charge in [-0.05, 0) is 0 Å². The third-order valence-corrected chi connectivity index (χ3v) is 3.08. The highest BCUT2D eigenvalue weighted by molar-refractivity contribution is 5.35. The molecule has 6 N–H and O–H groups in total. The lowest BCUT2D eigenvalue weighted by molar-refractivity contribution is -0.0478. The van der Waals surface area contributed by atoms with Crippen LogP contribution < -0.4 is 11.6 Å². The predicted molar refractivity (Wildman–Crippen MR) is 62.8 cm³/mol. The number of nitrogen functional groups attached to an aromatic ring is 1. The van der Waals surface area contributed by atoms with E-state index >= 15 is 0 Å². The van der Waals surface area contributed by atoms with Crippen LogP contribution in [0.3, 0.4) is 0 Å². The first-order valence-corrected chi connectivity index (χ1v) is 5.79. The second-order valence-electron chi connectivity index (χ2n) is 4.35. The molecule has 1 saturated heterocycles. The van der Waals surface area contributed by atoms with E-state index in [9.17, 15) is 10.2 Å². The molecule has 11 nitrogen and oxygen atoms in total. The Hall–Kier alpha value is -1.92. The van der Waals surface area contributed by atoms with Crippen LogP contribution in [0.1, 0.15) is 11.9 Å². The Morgan fingerprint density at radius 3 is 2.90 bits per heavy atom. The van der Waals surface area contributed by atoms with Crippen LogP contribution in [0.5, 0.6) is 0 Å². The summed E-state index contributed by atoms with van der Waals surface area (Å²) >= 11 is 0. The fraction of sp³-hybridized carbons (Fsp3) is 0.556. The summed E-state index contributed by atoms with van der Waals surface area (Å²) in [6.45, 7) is -0.0669. The van der Waals surface area contributed by atoms with Crippen molar-refractivity contribution in [2.24, 2.45) is 5.90 Å². The third-order valence-electron chi connectivity index (χ3n) is 3.08. The molecule has 0 spiro atoms. The average Bonchev–Trinajstić information content (AvgIpc) is 2.95. The van der Waals surface area contributed by atoms with E-state index in [1.807, 2.05) is 0 Å². The Morgan fingerprint density at radius 1 is 1.35 bits per heavy atom. The first-order valence-electron chi connectivity index (χ1n) is 5.79. The largest absolute Gasteiger partial charge is 0.387 e. The lowest BCUT2D eigenvalue weighted by Gasteiger charge is -2.12. The van der Waals surface area contributed by atoms with Gasteiger partial charge in [-0.3, -0.25) is 0 Å². The summed E-state index contributed by atoms with van der Waals surface area (Å²) in [5.41, 5.74) is 5.85. The van der Waals surface area contributed by atoms with E-state index in [4.69, 9.17) is 16.4 Å². The first kappa shape index (κ1) is 13.1. The molecule has 0 amide bonds. The minimum atomic E-state index is -1.21. The van der Waals surface area contributed by atoms with Crippen molar-refractivity contribution in [2.75, 3.05) is 12.3 Å². The number of aromatic nitrogens is 5. The van der Waals surface area contributed by atoms with Crippen molar-refractivity contribution in [2.45, 2.75) is 24.4 Å². The zero-order valence-corrected chi connectivity index (χ0v) is 10.2. The third kappa shape index (κ3) is 1.97. The molecule has 108 valence electrons. The summed E-state index contributed by atoms with van der Waals surface area (Å²) in [6, 6.07) is 0. The Bertz CT molecular complexity index is 619. The van der Waals surface area contributed by atoms with Gasteiger partial charge >= 0.3 is 0 Å². The highest BCUT2D eigenvalue weighted by atomic mass is 16.6. The standard InChI is InChI=1S/C9H13N7O4/c10-9-12-1-4-13-14-8(16(4)15-9)7-6(18)5(17)3(20-7)2-19-11/h1,3,5-7,17-18H,2,11H2,(H2,10,15)/t3-,5-,6-,7-/m1/s1. The van der Waals surface area contributed by atoms with E-state index in [2.05, 4.69) is 25.1 Å². The number of nitrogens with zero attached hydrogens (tertiary/aromatic N) is 5. The van der Waals surface area contributed by atoms with Crippen molar-refractivity contribution in [1.82, 2.24) is 24.8 Å². The van der Waals surface area contributed by atoms with Crippen LogP contribution in [-0.2, 0) is 9.57 Å². The van der Waals surface area contributed by atoms with Crippen LogP contribution in [0, 0.1) is 0 Å². The number of aliphatic hydroxyl groups excluding tert-OH is 2. The Kier molecular flexibility index (Phi) is 3.19. The molecule has 11 heteroatoms. The number of nitrogens with two attached hydrogens (primary N) is 2. The Balaban J connectivity index is 1.97. The van der Waals surface area contributed by atoms with Gasteiger partial charge in [-0.25, -0.2) is 10.9 Å². The van der Waals surface area contributed by atoms with Gasteiger partial charge in [-0.15, -0.1) is 15.3 Å². The summed E-state index contributed by atoms with van der Waals surface area (Å²) in [5.74, 6) is 5.18. The molecule has 0 aromatic carbocycles. The minimum Gasteiger partial charge on any atom is -0.387 e. The Morgan fingerprint density at radius 2 is 2.15 bits per heavy atom. The van der Waals surface area contributed by atoms with E-state index in [0.717, 1.165) is 0 Å². The molecule has 1 aliphatic rings. The second-order valence-corrected chi connectivity index (χ2v) is 4.35. The van der Waals surface area contributed by atoms with Crippen LogP contribution in [0.2, 0.25) is 0 Å². The van der Waals surface area contributed by atoms with Crippen LogP contribution in [-0.4, -0.2) is 59.9 Å². The van der Waals surface area contributed by atoms with E-state index < -0.39 is 24.4 Å². The molecular formula is C9H13N7O4. The second kappa shape index (κ2) is 4.88. The molecule has 3 rings (SSSR count). The van der Waals surface area contributed by atoms with Gasteiger partial charge in [0.15, 0.2) is 11.5 Å². The molecule has 3 heterocycles. The number of ether oxygens (including phenoxy) is 1. The van der Waals surface area contributed by atoms with Crippen molar-refractivity contribution in [3.05, 3.63) is 12.0 Å². The smallest absolute Gasteiger partial charge is 0.238 e. The normalized spacial score (nSPS) is 30.1. The van der Waals surface area contributed by atoms with Crippen molar-refractivity contribution in [3.8, 4) is 0 Å². The van der Waals surface area contributed by atoms with Crippen molar-refractivity contribution >= 4 is 11.6 Å². The molecule has 2 aromatic rings. The number of fused-ring (bicyclic) bond motifs is 1. The summed E-state index contributed by atoms with van der Waals surface area (Å²) in [6.07, 6.45) is -2.67. The first-order chi connectivity index (χ1) is 9.61. The van der Waals surface area contributed by atoms with Gasteiger partial charge in [-0.2, -0.15) is 4.52 Å². The van der Waals surface area contributed by atoms with Crippen molar-refractivity contribution in [1.29, 1.82) is 0 Å². The van der Waals surface area contributed by atoms with E-state index in [-0.39, 0.29) is 18.4 Å². The maximum absolute atomic E-state index is 10.0. The molecule has 1 fully saturated rings. The fourth-order valence-corrected chi connectivity index (χ4v) is 2.11. The van der Waals surface area contributed by atoms with Crippen molar-refractivity contribution in [3.63, 3.8) is 0 Å². The summed E-state index contributed by atoms with van der Waals surface area (Å²) in [5, 5.41) is 31.6. The van der Waals surface area contributed by atoms with Crippen LogP contribution >= 0.6 is 0 Å². The Labute approximate surface area is 112 Å². The SMILES string of the molecule is NOC[C@H]1O[C@@H](c2nnc3cnc(N)nn23)[C@H](O)[C@@H]1O. The fourth-order valence-electron chi connectivity index (χ4n) is 2.11. The van der Waals surface area contributed by atoms with Crippen LogP contribution in [0.4, 0.5) is 5.95 Å². The van der Waals surface area contributed by atoms with Gasteiger partial charge in [-0.1, -0.05) is 0 Å². The molecule has 2 aromatic heterocycles. The zero-order chi connectivity index (χ0) is 14.3. The summed E-state index contributed by atoms with van der Waals surface area (Å²) < 4.78 is 6.79. The molecule has 1 aliphatic heterocycles. The summed E-state index contributed by atoms with van der Waals surface area (Å²) in [7, 11) is 0. The van der Waals surface area contributed by atoms with Gasteiger partial charge in [0.2, 0.25) is 5.95 Å². The average molecular weight is 283 g/mol. The molecule has 0 aliphatic carbocycles. The van der Waals surface area contributed by atoms with E-state index in [1.54, 1.807) is 0 Å². The highest BCUT2D eigenvalue weighted by Crippen LogP contribution is 2.32. The molecule has 0 bridgehead atoms. The van der Waals surface area contributed by atoms with E-state index in [1.165, 1.54) is 10.7 Å². The van der Waals surface area contributed by atoms with E-state index in [0.29, 0.717) is 5.65 Å².